The summed E-state index contributed by atoms with van der Waals surface area (Å²) >= 11 is 0. The summed E-state index contributed by atoms with van der Waals surface area (Å²) < 4.78 is 26.8. The Morgan fingerprint density at radius 2 is 2.33 bits per heavy atom. The van der Waals surface area contributed by atoms with Crippen molar-refractivity contribution in [2.75, 3.05) is 20.3 Å². The zero-order chi connectivity index (χ0) is 16.9. The molecule has 0 unspecified atom stereocenters. The molecule has 1 fully saturated rings. The fourth-order valence-electron chi connectivity index (χ4n) is 3.21. The van der Waals surface area contributed by atoms with Crippen LogP contribution in [0.25, 0.3) is 0 Å². The van der Waals surface area contributed by atoms with Crippen molar-refractivity contribution in [3.05, 3.63) is 47.5 Å². The van der Waals surface area contributed by atoms with Gasteiger partial charge >= 0.3 is 0 Å². The molecule has 1 aromatic carbocycles. The first-order valence-corrected chi connectivity index (χ1v) is 8.30. The third-order valence-corrected chi connectivity index (χ3v) is 4.47. The van der Waals surface area contributed by atoms with Crippen molar-refractivity contribution in [1.29, 1.82) is 0 Å². The van der Waals surface area contributed by atoms with E-state index in [2.05, 4.69) is 10.4 Å². The van der Waals surface area contributed by atoms with Crippen LogP contribution in [0.5, 0.6) is 5.75 Å². The van der Waals surface area contributed by atoms with E-state index in [4.69, 9.17) is 9.47 Å². The molecule has 1 aromatic heterocycles. The maximum Gasteiger partial charge on any atom is 0.127 e. The number of hydrogen-bond acceptors (Lipinski definition) is 4. The molecule has 0 bridgehead atoms. The van der Waals surface area contributed by atoms with Gasteiger partial charge in [-0.25, -0.2) is 4.39 Å². The van der Waals surface area contributed by atoms with Gasteiger partial charge in [0, 0.05) is 50.0 Å². The molecule has 0 radical (unpaired) electrons. The summed E-state index contributed by atoms with van der Waals surface area (Å²) in [5.41, 5.74) is 1.72. The van der Waals surface area contributed by atoms with E-state index in [1.54, 1.807) is 23.9 Å². The highest BCUT2D eigenvalue weighted by Crippen LogP contribution is 2.33. The van der Waals surface area contributed by atoms with Crippen LogP contribution >= 0.6 is 0 Å². The molecule has 130 valence electrons. The van der Waals surface area contributed by atoms with Crippen molar-refractivity contribution in [2.45, 2.75) is 25.5 Å². The Kier molecular flexibility index (Phi) is 5.48. The second-order valence-electron chi connectivity index (χ2n) is 6.23. The fourth-order valence-corrected chi connectivity index (χ4v) is 3.21. The van der Waals surface area contributed by atoms with Crippen LogP contribution in [-0.4, -0.2) is 30.0 Å². The molecule has 2 atom stereocenters. The summed E-state index contributed by atoms with van der Waals surface area (Å²) in [4.78, 5) is 0. The fraction of sp³-hybridized carbons (Fsp3) is 0.500. The van der Waals surface area contributed by atoms with Gasteiger partial charge in [-0.3, -0.25) is 4.68 Å². The van der Waals surface area contributed by atoms with Gasteiger partial charge in [0.2, 0.25) is 0 Å². The molecule has 1 aliphatic rings. The molecule has 1 N–H and O–H groups in total. The summed E-state index contributed by atoms with van der Waals surface area (Å²) in [6, 6.07) is 4.81. The minimum absolute atomic E-state index is 0.0510. The first-order valence-electron chi connectivity index (χ1n) is 8.30. The van der Waals surface area contributed by atoms with E-state index in [0.717, 1.165) is 31.6 Å². The Labute approximate surface area is 141 Å². The number of methoxy groups -OCH3 is 1. The number of nitrogens with zero attached hydrogens (tertiary/aromatic N) is 2. The minimum Gasteiger partial charge on any atom is -0.497 e. The molecule has 2 heterocycles. The monoisotopic (exact) mass is 333 g/mol. The average Bonchev–Trinajstić information content (AvgIpc) is 3.03. The lowest BCUT2D eigenvalue weighted by Gasteiger charge is -2.31. The third-order valence-electron chi connectivity index (χ3n) is 4.47. The molecule has 0 aliphatic carbocycles. The molecule has 1 aliphatic heterocycles. The Hall–Kier alpha value is -1.92. The van der Waals surface area contributed by atoms with Gasteiger partial charge in [0.25, 0.3) is 0 Å². The van der Waals surface area contributed by atoms with Crippen LogP contribution < -0.4 is 10.1 Å². The molecular weight excluding hydrogens is 309 g/mol. The largest absolute Gasteiger partial charge is 0.497 e. The van der Waals surface area contributed by atoms with Gasteiger partial charge in [0.1, 0.15) is 11.6 Å². The molecule has 0 amide bonds. The Balaban J connectivity index is 1.60. The van der Waals surface area contributed by atoms with Gasteiger partial charge in [-0.15, -0.1) is 0 Å². The van der Waals surface area contributed by atoms with E-state index in [-0.39, 0.29) is 11.9 Å². The van der Waals surface area contributed by atoms with Crippen molar-refractivity contribution < 1.29 is 13.9 Å². The van der Waals surface area contributed by atoms with Crippen LogP contribution in [0, 0.1) is 11.7 Å². The highest BCUT2D eigenvalue weighted by atomic mass is 19.1. The SMILES string of the molecule is COc1ccc(F)c(CNC[C@@H]2CCCO[C@H]2c2cnn(C)c2)c1. The van der Waals surface area contributed by atoms with E-state index >= 15 is 0 Å². The number of rotatable bonds is 6. The maximum absolute atomic E-state index is 13.9. The third kappa shape index (κ3) is 3.94. The van der Waals surface area contributed by atoms with Crippen LogP contribution in [0.4, 0.5) is 4.39 Å². The lowest BCUT2D eigenvalue weighted by Crippen LogP contribution is -2.31. The second kappa shape index (κ2) is 7.77. The highest BCUT2D eigenvalue weighted by Gasteiger charge is 2.28. The smallest absolute Gasteiger partial charge is 0.127 e. The Morgan fingerprint density at radius 3 is 3.08 bits per heavy atom. The van der Waals surface area contributed by atoms with Crippen LogP contribution in [-0.2, 0) is 18.3 Å². The number of aryl methyl sites for hydroxylation is 1. The van der Waals surface area contributed by atoms with Crippen molar-refractivity contribution in [3.63, 3.8) is 0 Å². The molecule has 2 aromatic rings. The van der Waals surface area contributed by atoms with Crippen molar-refractivity contribution in [1.82, 2.24) is 15.1 Å². The molecule has 5 nitrogen and oxygen atoms in total. The molecule has 3 rings (SSSR count). The van der Waals surface area contributed by atoms with Gasteiger partial charge in [-0.2, -0.15) is 5.10 Å². The van der Waals surface area contributed by atoms with E-state index in [1.807, 2.05) is 19.4 Å². The van der Waals surface area contributed by atoms with E-state index < -0.39 is 0 Å². The van der Waals surface area contributed by atoms with E-state index in [0.29, 0.717) is 23.8 Å². The van der Waals surface area contributed by atoms with Crippen LogP contribution in [0.2, 0.25) is 0 Å². The number of nitrogens with one attached hydrogen (secondary N) is 1. The number of hydrogen-bond donors (Lipinski definition) is 1. The lowest BCUT2D eigenvalue weighted by molar-refractivity contribution is -0.0279. The predicted molar refractivity (Wildman–Crippen MR) is 89.3 cm³/mol. The van der Waals surface area contributed by atoms with Gasteiger partial charge in [0.05, 0.1) is 19.4 Å². The first-order chi connectivity index (χ1) is 11.7. The zero-order valence-electron chi connectivity index (χ0n) is 14.2. The van der Waals surface area contributed by atoms with Gasteiger partial charge < -0.3 is 14.8 Å². The zero-order valence-corrected chi connectivity index (χ0v) is 14.2. The van der Waals surface area contributed by atoms with Gasteiger partial charge in [-0.05, 0) is 31.0 Å². The number of ether oxygens (including phenoxy) is 2. The van der Waals surface area contributed by atoms with Gasteiger partial charge in [-0.1, -0.05) is 0 Å². The van der Waals surface area contributed by atoms with Crippen molar-refractivity contribution in [3.8, 4) is 5.75 Å². The average molecular weight is 333 g/mol. The molecule has 1 saturated heterocycles. The quantitative estimate of drug-likeness (QED) is 0.883. The Morgan fingerprint density at radius 1 is 1.46 bits per heavy atom. The van der Waals surface area contributed by atoms with Crippen molar-refractivity contribution >= 4 is 0 Å². The van der Waals surface area contributed by atoms with Crippen LogP contribution in [0.3, 0.4) is 0 Å². The molecule has 24 heavy (non-hydrogen) atoms. The van der Waals surface area contributed by atoms with Gasteiger partial charge in [0.15, 0.2) is 0 Å². The standard InChI is InChI=1S/C18H24FN3O2/c1-22-12-15(11-21-22)18-13(4-3-7-24-18)9-20-10-14-8-16(23-2)5-6-17(14)19/h5-6,8,11-13,18,20H,3-4,7,9-10H2,1-2H3/t13-,18+/m0/s1. The summed E-state index contributed by atoms with van der Waals surface area (Å²) in [6.07, 6.45) is 6.06. The summed E-state index contributed by atoms with van der Waals surface area (Å²) in [7, 11) is 3.49. The summed E-state index contributed by atoms with van der Waals surface area (Å²) in [5.74, 6) is 0.811. The Bertz CT molecular complexity index is 674. The highest BCUT2D eigenvalue weighted by molar-refractivity contribution is 5.29. The topological polar surface area (TPSA) is 48.3 Å². The van der Waals surface area contributed by atoms with Crippen molar-refractivity contribution in [2.24, 2.45) is 13.0 Å². The van der Waals surface area contributed by atoms with Crippen LogP contribution in [0.1, 0.15) is 30.1 Å². The molecule has 0 saturated carbocycles. The normalized spacial score (nSPS) is 21.0. The number of benzene rings is 1. The first kappa shape index (κ1) is 16.9. The number of aromatic nitrogens is 2. The summed E-state index contributed by atoms with van der Waals surface area (Å²) in [6.45, 7) is 2.02. The maximum atomic E-state index is 13.9. The number of halogens is 1. The molecule has 6 heteroatoms. The molecular formula is C18H24FN3O2. The predicted octanol–water partition coefficient (Wildman–Crippen LogP) is 2.83. The van der Waals surface area contributed by atoms with E-state index in [1.165, 1.54) is 6.07 Å². The minimum atomic E-state index is -0.216. The van der Waals surface area contributed by atoms with E-state index in [9.17, 15) is 4.39 Å². The summed E-state index contributed by atoms with van der Waals surface area (Å²) in [5, 5.41) is 7.60. The van der Waals surface area contributed by atoms with Crippen LogP contribution in [0.15, 0.2) is 30.6 Å². The molecule has 0 spiro atoms. The second-order valence-corrected chi connectivity index (χ2v) is 6.23. The lowest BCUT2D eigenvalue weighted by atomic mass is 9.91.